The minimum Gasteiger partial charge on any atom is -0.480 e. The molecule has 32 heavy (non-hydrogen) atoms. The van der Waals surface area contributed by atoms with Crippen molar-refractivity contribution in [3.05, 3.63) is 0 Å². The molecule has 0 aliphatic rings. The van der Waals surface area contributed by atoms with Crippen LogP contribution in [-0.4, -0.2) is 83.2 Å². The quantitative estimate of drug-likeness (QED) is 0.125. The summed E-state index contributed by atoms with van der Waals surface area (Å²) in [5, 5.41) is 25.8. The maximum atomic E-state index is 13.0. The number of unbranched alkanes of at least 4 members (excludes halogenated alkanes) is 1. The summed E-state index contributed by atoms with van der Waals surface area (Å²) in [6.45, 7) is 3.21. The molecule has 5 unspecified atom stereocenters. The van der Waals surface area contributed by atoms with Crippen LogP contribution in [0.4, 0.5) is 0 Å². The van der Waals surface area contributed by atoms with Crippen molar-refractivity contribution in [2.75, 3.05) is 25.2 Å². The molecule has 0 bridgehead atoms. The lowest BCUT2D eigenvalue weighted by Gasteiger charge is -2.28. The zero-order valence-corrected chi connectivity index (χ0v) is 20.0. The Hall–Kier alpha value is -1.89. The molecule has 0 aromatic rings. The van der Waals surface area contributed by atoms with Crippen LogP contribution in [0, 0.1) is 5.92 Å². The number of hydrogen-bond acceptors (Lipinski definition) is 8. The zero-order valence-electron chi connectivity index (χ0n) is 19.1. The Bertz CT molecular complexity index is 609. The SMILES string of the molecule is CCC(C)C(NC(=O)C(CCCCN)NC(=O)C(N)CCSC)C(=O)NC(CO)C(=O)O. The summed E-state index contributed by atoms with van der Waals surface area (Å²) in [6, 6.07) is -4.20. The number of carboxylic acid groups (broad SMARTS) is 1. The van der Waals surface area contributed by atoms with E-state index in [1.165, 1.54) is 0 Å². The smallest absolute Gasteiger partial charge is 0.328 e. The minimum atomic E-state index is -1.49. The van der Waals surface area contributed by atoms with Crippen LogP contribution in [0.25, 0.3) is 0 Å². The van der Waals surface area contributed by atoms with Gasteiger partial charge in [0, 0.05) is 0 Å². The van der Waals surface area contributed by atoms with Gasteiger partial charge in [0.25, 0.3) is 0 Å². The van der Waals surface area contributed by atoms with Crippen LogP contribution < -0.4 is 27.4 Å². The van der Waals surface area contributed by atoms with E-state index in [1.54, 1.807) is 18.7 Å². The van der Waals surface area contributed by atoms with E-state index >= 15 is 0 Å². The molecule has 0 aliphatic carbocycles. The van der Waals surface area contributed by atoms with Crippen LogP contribution in [-0.2, 0) is 19.2 Å². The number of aliphatic hydroxyl groups is 1. The van der Waals surface area contributed by atoms with Gasteiger partial charge in [0.2, 0.25) is 17.7 Å². The molecule has 0 rings (SSSR count). The molecule has 0 fully saturated rings. The average Bonchev–Trinajstić information content (AvgIpc) is 2.77. The Balaban J connectivity index is 5.41. The van der Waals surface area contributed by atoms with E-state index in [1.807, 2.05) is 13.2 Å². The number of rotatable bonds is 17. The fourth-order valence-electron chi connectivity index (χ4n) is 2.82. The molecule has 0 radical (unpaired) electrons. The van der Waals surface area contributed by atoms with Crippen molar-refractivity contribution in [1.29, 1.82) is 0 Å². The molecule has 9 N–H and O–H groups in total. The maximum Gasteiger partial charge on any atom is 0.328 e. The van der Waals surface area contributed by atoms with Gasteiger partial charge in [-0.2, -0.15) is 11.8 Å². The van der Waals surface area contributed by atoms with Crippen molar-refractivity contribution >= 4 is 35.5 Å². The monoisotopic (exact) mass is 477 g/mol. The largest absolute Gasteiger partial charge is 0.480 e. The molecule has 3 amide bonds. The maximum absolute atomic E-state index is 13.0. The molecule has 5 atom stereocenters. The van der Waals surface area contributed by atoms with Crippen molar-refractivity contribution < 1.29 is 29.4 Å². The van der Waals surface area contributed by atoms with Crippen molar-refractivity contribution in [1.82, 2.24) is 16.0 Å². The van der Waals surface area contributed by atoms with Crippen molar-refractivity contribution in [3.63, 3.8) is 0 Å². The first kappa shape index (κ1) is 30.1. The predicted molar refractivity (Wildman–Crippen MR) is 124 cm³/mol. The highest BCUT2D eigenvalue weighted by atomic mass is 32.2. The lowest BCUT2D eigenvalue weighted by molar-refractivity contribution is -0.143. The number of carbonyl (C=O) groups is 4. The second kappa shape index (κ2) is 16.7. The summed E-state index contributed by atoms with van der Waals surface area (Å²) >= 11 is 1.56. The zero-order chi connectivity index (χ0) is 24.7. The lowest BCUT2D eigenvalue weighted by Crippen LogP contribution is -2.59. The van der Waals surface area contributed by atoms with Gasteiger partial charge in [-0.15, -0.1) is 0 Å². The summed E-state index contributed by atoms with van der Waals surface area (Å²) < 4.78 is 0. The predicted octanol–water partition coefficient (Wildman–Crippen LogP) is -1.23. The second-order valence-electron chi connectivity index (χ2n) is 7.69. The molecule has 0 spiro atoms. The Kier molecular flexibility index (Phi) is 15.7. The van der Waals surface area contributed by atoms with Gasteiger partial charge in [0.05, 0.1) is 12.6 Å². The van der Waals surface area contributed by atoms with Crippen LogP contribution in [0.15, 0.2) is 0 Å². The van der Waals surface area contributed by atoms with Crippen molar-refractivity contribution in [2.45, 2.75) is 70.1 Å². The van der Waals surface area contributed by atoms with Gasteiger partial charge < -0.3 is 37.6 Å². The molecule has 12 heteroatoms. The highest BCUT2D eigenvalue weighted by Gasteiger charge is 2.32. The molecule has 0 aliphatic heterocycles. The molecular formula is C20H39N5O6S. The number of nitrogens with two attached hydrogens (primary N) is 2. The summed E-state index contributed by atoms with van der Waals surface area (Å²) in [4.78, 5) is 49.2. The van der Waals surface area contributed by atoms with Crippen LogP contribution >= 0.6 is 11.8 Å². The first-order chi connectivity index (χ1) is 15.1. The van der Waals surface area contributed by atoms with Crippen molar-refractivity contribution in [2.24, 2.45) is 17.4 Å². The normalized spacial score (nSPS) is 15.7. The Labute approximate surface area is 193 Å². The summed E-state index contributed by atoms with van der Waals surface area (Å²) in [6.07, 6.45) is 4.44. The molecule has 0 saturated carbocycles. The van der Waals surface area contributed by atoms with Gasteiger partial charge in [-0.1, -0.05) is 20.3 Å². The number of amides is 3. The average molecular weight is 478 g/mol. The Morgan fingerprint density at radius 2 is 1.59 bits per heavy atom. The van der Waals surface area contributed by atoms with E-state index in [4.69, 9.17) is 16.6 Å². The molecule has 0 aromatic heterocycles. The van der Waals surface area contributed by atoms with Gasteiger partial charge in [0.1, 0.15) is 18.1 Å². The van der Waals surface area contributed by atoms with E-state index in [0.29, 0.717) is 44.4 Å². The third-order valence-electron chi connectivity index (χ3n) is 5.14. The van der Waals surface area contributed by atoms with Gasteiger partial charge in [-0.05, 0) is 50.2 Å². The van der Waals surface area contributed by atoms with Gasteiger partial charge in [0.15, 0.2) is 0 Å². The van der Waals surface area contributed by atoms with Gasteiger partial charge >= 0.3 is 5.97 Å². The second-order valence-corrected chi connectivity index (χ2v) is 8.67. The van der Waals surface area contributed by atoms with Gasteiger partial charge in [-0.25, -0.2) is 4.79 Å². The molecule has 0 saturated heterocycles. The molecular weight excluding hydrogens is 438 g/mol. The van der Waals surface area contributed by atoms with Crippen LogP contribution in [0.1, 0.15) is 46.0 Å². The summed E-state index contributed by atoms with van der Waals surface area (Å²) in [5.41, 5.74) is 11.4. The number of nitrogens with one attached hydrogen (secondary N) is 3. The summed E-state index contributed by atoms with van der Waals surface area (Å²) in [5.74, 6) is -2.76. The highest BCUT2D eigenvalue weighted by molar-refractivity contribution is 7.98. The molecule has 0 heterocycles. The van der Waals surface area contributed by atoms with Gasteiger partial charge in [-0.3, -0.25) is 14.4 Å². The minimum absolute atomic E-state index is 0.313. The fourth-order valence-corrected chi connectivity index (χ4v) is 3.31. The van der Waals surface area contributed by atoms with Crippen LogP contribution in [0.2, 0.25) is 0 Å². The number of carbonyl (C=O) groups excluding carboxylic acids is 3. The molecule has 11 nitrogen and oxygen atoms in total. The number of aliphatic carboxylic acids is 1. The number of carboxylic acids is 1. The van der Waals surface area contributed by atoms with E-state index in [9.17, 15) is 24.3 Å². The number of aliphatic hydroxyl groups excluding tert-OH is 1. The van der Waals surface area contributed by atoms with E-state index < -0.39 is 54.5 Å². The van der Waals surface area contributed by atoms with Crippen LogP contribution in [0.5, 0.6) is 0 Å². The van der Waals surface area contributed by atoms with Crippen molar-refractivity contribution in [3.8, 4) is 0 Å². The lowest BCUT2D eigenvalue weighted by atomic mass is 9.97. The first-order valence-corrected chi connectivity index (χ1v) is 12.2. The number of hydrogen-bond donors (Lipinski definition) is 7. The highest BCUT2D eigenvalue weighted by Crippen LogP contribution is 2.11. The third-order valence-corrected chi connectivity index (χ3v) is 5.78. The summed E-state index contributed by atoms with van der Waals surface area (Å²) in [7, 11) is 0. The van der Waals surface area contributed by atoms with E-state index in [-0.39, 0.29) is 5.92 Å². The molecule has 186 valence electrons. The first-order valence-electron chi connectivity index (χ1n) is 10.8. The Morgan fingerprint density at radius 3 is 2.09 bits per heavy atom. The topological polar surface area (TPSA) is 197 Å². The van der Waals surface area contributed by atoms with Crippen LogP contribution in [0.3, 0.4) is 0 Å². The third kappa shape index (κ3) is 11.1. The number of thioether (sulfide) groups is 1. The molecule has 0 aromatic carbocycles. The standard InChI is InChI=1S/C20H39N5O6S/c1-4-12(2)16(19(29)24-15(11-26)20(30)31)25-18(28)14(7-5-6-9-21)23-17(27)13(22)8-10-32-3/h12-16,26H,4-11,21-22H2,1-3H3,(H,23,27)(H,24,29)(H,25,28)(H,30,31). The van der Waals surface area contributed by atoms with E-state index in [2.05, 4.69) is 16.0 Å². The fraction of sp³-hybridized carbons (Fsp3) is 0.800. The Morgan fingerprint density at radius 1 is 0.969 bits per heavy atom. The van der Waals surface area contributed by atoms with E-state index in [0.717, 1.165) is 0 Å².